The van der Waals surface area contributed by atoms with Crippen molar-refractivity contribution >= 4 is 11.8 Å². The summed E-state index contributed by atoms with van der Waals surface area (Å²) in [5.74, 6) is -0.903. The Balaban J connectivity index is 2.16. The number of carbonyl (C=O) groups is 2. The minimum Gasteiger partial charge on any atom is -0.370 e. The molecule has 0 bridgehead atoms. The van der Waals surface area contributed by atoms with E-state index in [0.717, 1.165) is 19.5 Å². The zero-order valence-corrected chi connectivity index (χ0v) is 12.4. The normalized spacial score (nSPS) is 12.1. The lowest BCUT2D eigenvalue weighted by Crippen LogP contribution is -2.43. The average Bonchev–Trinajstić information content (AvgIpc) is 2.43. The summed E-state index contributed by atoms with van der Waals surface area (Å²) in [4.78, 5) is 24.4. The molecule has 1 rings (SSSR count). The Morgan fingerprint density at radius 1 is 1.29 bits per heavy atom. The Morgan fingerprint density at radius 3 is 2.57 bits per heavy atom. The van der Waals surface area contributed by atoms with Crippen LogP contribution in [0.5, 0.6) is 0 Å². The molecule has 0 radical (unpaired) electrons. The van der Waals surface area contributed by atoms with E-state index in [1.54, 1.807) is 0 Å². The number of nitrogens with one attached hydrogen (secondary N) is 1. The molecule has 1 aromatic rings. The summed E-state index contributed by atoms with van der Waals surface area (Å²) < 4.78 is 0. The third kappa shape index (κ3) is 7.43. The van der Waals surface area contributed by atoms with E-state index in [-0.39, 0.29) is 12.3 Å². The predicted octanol–water partition coefficient (Wildman–Crippen LogP) is -0.173. The van der Waals surface area contributed by atoms with Crippen molar-refractivity contribution in [2.45, 2.75) is 25.4 Å². The number of hydrogen-bond donors (Lipinski definition) is 3. The fourth-order valence-electron chi connectivity index (χ4n) is 1.98. The number of nitrogens with zero attached hydrogens (tertiary/aromatic N) is 1. The second kappa shape index (κ2) is 9.10. The molecule has 1 aromatic carbocycles. The van der Waals surface area contributed by atoms with Crippen LogP contribution in [0.15, 0.2) is 30.3 Å². The minimum absolute atomic E-state index is 0.125. The van der Waals surface area contributed by atoms with Crippen molar-refractivity contribution in [3.8, 4) is 0 Å². The SMILES string of the molecule is CN(CCCNC(=O)C(N)CC(N)=O)Cc1ccccc1. The van der Waals surface area contributed by atoms with Crippen LogP contribution in [0.25, 0.3) is 0 Å². The number of primary amides is 1. The topological polar surface area (TPSA) is 101 Å². The van der Waals surface area contributed by atoms with Gasteiger partial charge in [-0.05, 0) is 25.6 Å². The number of rotatable bonds is 9. The summed E-state index contributed by atoms with van der Waals surface area (Å²) in [5.41, 5.74) is 11.8. The first-order chi connectivity index (χ1) is 9.99. The summed E-state index contributed by atoms with van der Waals surface area (Å²) in [7, 11) is 2.04. The fourth-order valence-corrected chi connectivity index (χ4v) is 1.98. The smallest absolute Gasteiger partial charge is 0.237 e. The van der Waals surface area contributed by atoms with E-state index in [1.165, 1.54) is 5.56 Å². The van der Waals surface area contributed by atoms with Gasteiger partial charge in [0.25, 0.3) is 0 Å². The third-order valence-electron chi connectivity index (χ3n) is 3.07. The highest BCUT2D eigenvalue weighted by Crippen LogP contribution is 2.02. The first-order valence-corrected chi connectivity index (χ1v) is 7.03. The van der Waals surface area contributed by atoms with E-state index >= 15 is 0 Å². The highest BCUT2D eigenvalue weighted by molar-refractivity contribution is 5.87. The van der Waals surface area contributed by atoms with E-state index in [4.69, 9.17) is 11.5 Å². The van der Waals surface area contributed by atoms with Gasteiger partial charge in [0.2, 0.25) is 11.8 Å². The summed E-state index contributed by atoms with van der Waals surface area (Å²) >= 11 is 0. The van der Waals surface area contributed by atoms with E-state index in [2.05, 4.69) is 22.3 Å². The standard InChI is InChI=1S/C15H24N4O2/c1-19(11-12-6-3-2-4-7-12)9-5-8-18-15(21)13(16)10-14(17)20/h2-4,6-7,13H,5,8-11,16H2,1H3,(H2,17,20)(H,18,21). The Bertz CT molecular complexity index is 450. The monoisotopic (exact) mass is 292 g/mol. The number of amides is 2. The van der Waals surface area contributed by atoms with E-state index in [9.17, 15) is 9.59 Å². The minimum atomic E-state index is -0.857. The predicted molar refractivity (Wildman–Crippen MR) is 82.2 cm³/mol. The van der Waals surface area contributed by atoms with Crippen molar-refractivity contribution < 1.29 is 9.59 Å². The number of hydrogen-bond acceptors (Lipinski definition) is 4. The summed E-state index contributed by atoms with van der Waals surface area (Å²) in [6.45, 7) is 2.26. The second-order valence-corrected chi connectivity index (χ2v) is 5.14. The quantitative estimate of drug-likeness (QED) is 0.550. The summed E-state index contributed by atoms with van der Waals surface area (Å²) in [5, 5.41) is 2.71. The molecule has 0 aliphatic heterocycles. The molecule has 2 amide bonds. The van der Waals surface area contributed by atoms with Crippen LogP contribution in [-0.4, -0.2) is 42.9 Å². The van der Waals surface area contributed by atoms with Crippen LogP contribution in [0.3, 0.4) is 0 Å². The Kier molecular flexibility index (Phi) is 7.42. The van der Waals surface area contributed by atoms with Crippen molar-refractivity contribution in [1.82, 2.24) is 10.2 Å². The lowest BCUT2D eigenvalue weighted by molar-refractivity contribution is -0.126. The van der Waals surface area contributed by atoms with Crippen molar-refractivity contribution in [1.29, 1.82) is 0 Å². The van der Waals surface area contributed by atoms with Gasteiger partial charge < -0.3 is 21.7 Å². The molecule has 0 aliphatic carbocycles. The van der Waals surface area contributed by atoms with Crippen LogP contribution >= 0.6 is 0 Å². The average molecular weight is 292 g/mol. The highest BCUT2D eigenvalue weighted by atomic mass is 16.2. The lowest BCUT2D eigenvalue weighted by Gasteiger charge is -2.17. The number of carbonyl (C=O) groups excluding carboxylic acids is 2. The molecule has 0 fully saturated rings. The lowest BCUT2D eigenvalue weighted by atomic mass is 10.2. The molecule has 6 heteroatoms. The molecule has 6 nitrogen and oxygen atoms in total. The highest BCUT2D eigenvalue weighted by Gasteiger charge is 2.15. The third-order valence-corrected chi connectivity index (χ3v) is 3.07. The molecule has 1 atom stereocenters. The first kappa shape index (κ1) is 17.1. The summed E-state index contributed by atoms with van der Waals surface area (Å²) in [6.07, 6.45) is 0.693. The Hall–Kier alpha value is -1.92. The van der Waals surface area contributed by atoms with Gasteiger partial charge in [-0.2, -0.15) is 0 Å². The van der Waals surface area contributed by atoms with Gasteiger partial charge in [0, 0.05) is 13.1 Å². The maximum absolute atomic E-state index is 11.6. The summed E-state index contributed by atoms with van der Waals surface area (Å²) in [6, 6.07) is 9.34. The molecule has 0 aliphatic rings. The molecule has 5 N–H and O–H groups in total. The van der Waals surface area contributed by atoms with Crippen molar-refractivity contribution in [2.24, 2.45) is 11.5 Å². The van der Waals surface area contributed by atoms with Crippen LogP contribution in [0.4, 0.5) is 0 Å². The molecule has 21 heavy (non-hydrogen) atoms. The van der Waals surface area contributed by atoms with Gasteiger partial charge in [-0.3, -0.25) is 9.59 Å². The van der Waals surface area contributed by atoms with Crippen molar-refractivity contribution in [3.05, 3.63) is 35.9 Å². The zero-order chi connectivity index (χ0) is 15.7. The van der Waals surface area contributed by atoms with Gasteiger partial charge in [-0.15, -0.1) is 0 Å². The van der Waals surface area contributed by atoms with Crippen LogP contribution in [0.2, 0.25) is 0 Å². The van der Waals surface area contributed by atoms with Gasteiger partial charge in [0.1, 0.15) is 0 Å². The molecular weight excluding hydrogens is 268 g/mol. The molecular formula is C15H24N4O2. The van der Waals surface area contributed by atoms with Gasteiger partial charge in [-0.25, -0.2) is 0 Å². The van der Waals surface area contributed by atoms with Gasteiger partial charge in [0.15, 0.2) is 0 Å². The number of benzene rings is 1. The van der Waals surface area contributed by atoms with Crippen molar-refractivity contribution in [2.75, 3.05) is 20.1 Å². The first-order valence-electron chi connectivity index (χ1n) is 7.03. The van der Waals surface area contributed by atoms with E-state index in [0.29, 0.717) is 6.54 Å². The van der Waals surface area contributed by atoms with Gasteiger partial charge >= 0.3 is 0 Å². The molecule has 0 heterocycles. The molecule has 0 saturated carbocycles. The maximum Gasteiger partial charge on any atom is 0.237 e. The molecule has 0 aromatic heterocycles. The zero-order valence-electron chi connectivity index (χ0n) is 12.4. The fraction of sp³-hybridized carbons (Fsp3) is 0.467. The van der Waals surface area contributed by atoms with E-state index in [1.807, 2.05) is 25.2 Å². The largest absolute Gasteiger partial charge is 0.370 e. The van der Waals surface area contributed by atoms with Crippen LogP contribution in [0, 0.1) is 0 Å². The molecule has 116 valence electrons. The molecule has 0 saturated heterocycles. The number of nitrogens with two attached hydrogens (primary N) is 2. The van der Waals surface area contributed by atoms with Crippen molar-refractivity contribution in [3.63, 3.8) is 0 Å². The van der Waals surface area contributed by atoms with Crippen LogP contribution in [0.1, 0.15) is 18.4 Å². The molecule has 0 spiro atoms. The van der Waals surface area contributed by atoms with Crippen LogP contribution in [-0.2, 0) is 16.1 Å². The Morgan fingerprint density at radius 2 is 1.95 bits per heavy atom. The second-order valence-electron chi connectivity index (χ2n) is 5.14. The van der Waals surface area contributed by atoms with E-state index < -0.39 is 11.9 Å². The maximum atomic E-state index is 11.6. The Labute approximate surface area is 125 Å². The van der Waals surface area contributed by atoms with Gasteiger partial charge in [0.05, 0.1) is 12.5 Å². The van der Waals surface area contributed by atoms with Gasteiger partial charge in [-0.1, -0.05) is 30.3 Å². The van der Waals surface area contributed by atoms with Crippen LogP contribution < -0.4 is 16.8 Å². The molecule has 1 unspecified atom stereocenters.